The maximum atomic E-state index is 12.7. The standard InChI is InChI=1S/C11H15F3N4O2S/c1-20-3-2-6(7-4-16-9(15)21-7)18-5-8(11(12,13)14)17-10(18)19/h4,6,8H,2-3,5H2,1H3,(H2,15,16)(H,17,19)/t6?,8-/m0/s1. The van der Waals surface area contributed by atoms with E-state index in [0.717, 1.165) is 16.2 Å². The number of halogens is 3. The Morgan fingerprint density at radius 1 is 1.67 bits per heavy atom. The summed E-state index contributed by atoms with van der Waals surface area (Å²) in [4.78, 5) is 17.5. The molecule has 2 atom stereocenters. The van der Waals surface area contributed by atoms with E-state index in [1.165, 1.54) is 13.3 Å². The van der Waals surface area contributed by atoms with Gasteiger partial charge in [0.25, 0.3) is 0 Å². The average molecular weight is 324 g/mol. The summed E-state index contributed by atoms with van der Waals surface area (Å²) in [6, 6.07) is -3.14. The molecule has 0 radical (unpaired) electrons. The Kier molecular flexibility index (Phi) is 4.57. The van der Waals surface area contributed by atoms with Gasteiger partial charge in [0.2, 0.25) is 0 Å². The van der Waals surface area contributed by atoms with Gasteiger partial charge < -0.3 is 20.7 Å². The number of thiazole rings is 1. The van der Waals surface area contributed by atoms with Gasteiger partial charge in [-0.3, -0.25) is 0 Å². The molecule has 0 spiro atoms. The first-order valence-electron chi connectivity index (χ1n) is 6.17. The number of carbonyl (C=O) groups excluding carboxylic acids is 1. The molecule has 6 nitrogen and oxygen atoms in total. The van der Waals surface area contributed by atoms with E-state index >= 15 is 0 Å². The molecule has 2 rings (SSSR count). The van der Waals surface area contributed by atoms with Gasteiger partial charge in [-0.2, -0.15) is 13.2 Å². The number of nitrogens with two attached hydrogens (primary N) is 1. The molecule has 1 unspecified atom stereocenters. The fourth-order valence-electron chi connectivity index (χ4n) is 2.15. The van der Waals surface area contributed by atoms with Crippen molar-refractivity contribution in [3.63, 3.8) is 0 Å². The van der Waals surface area contributed by atoms with Crippen molar-refractivity contribution in [2.24, 2.45) is 0 Å². The van der Waals surface area contributed by atoms with Crippen molar-refractivity contribution in [3.05, 3.63) is 11.1 Å². The first-order valence-corrected chi connectivity index (χ1v) is 6.98. The molecule has 0 aromatic carbocycles. The number of alkyl halides is 3. The molecule has 1 aromatic rings. The van der Waals surface area contributed by atoms with E-state index in [2.05, 4.69) is 4.98 Å². The predicted octanol–water partition coefficient (Wildman–Crippen LogP) is 1.76. The van der Waals surface area contributed by atoms with E-state index < -0.39 is 30.8 Å². The first-order chi connectivity index (χ1) is 9.82. The zero-order valence-electron chi connectivity index (χ0n) is 11.2. The van der Waals surface area contributed by atoms with Gasteiger partial charge in [-0.05, 0) is 6.42 Å². The number of urea groups is 1. The minimum atomic E-state index is -4.47. The predicted molar refractivity (Wildman–Crippen MR) is 70.8 cm³/mol. The second kappa shape index (κ2) is 6.06. The van der Waals surface area contributed by atoms with E-state index in [4.69, 9.17) is 10.5 Å². The fourth-order valence-corrected chi connectivity index (χ4v) is 2.98. The zero-order valence-corrected chi connectivity index (χ0v) is 12.0. The lowest BCUT2D eigenvalue weighted by Crippen LogP contribution is -2.40. The van der Waals surface area contributed by atoms with Crippen LogP contribution in [-0.2, 0) is 4.74 Å². The lowest BCUT2D eigenvalue weighted by molar-refractivity contribution is -0.150. The largest absolute Gasteiger partial charge is 0.410 e. The van der Waals surface area contributed by atoms with Crippen molar-refractivity contribution in [1.82, 2.24) is 15.2 Å². The number of hydrogen-bond donors (Lipinski definition) is 2. The Balaban J connectivity index is 2.19. The Bertz CT molecular complexity index is 508. The maximum absolute atomic E-state index is 12.7. The molecule has 0 bridgehead atoms. The van der Waals surface area contributed by atoms with Gasteiger partial charge in [-0.1, -0.05) is 0 Å². The van der Waals surface area contributed by atoms with Crippen LogP contribution in [0.15, 0.2) is 6.20 Å². The Hall–Kier alpha value is -1.55. The number of ether oxygens (including phenoxy) is 1. The number of amides is 2. The first kappa shape index (κ1) is 15.8. The van der Waals surface area contributed by atoms with Gasteiger partial charge in [0.15, 0.2) is 5.13 Å². The minimum absolute atomic E-state index is 0.305. The number of carbonyl (C=O) groups is 1. The maximum Gasteiger partial charge on any atom is 0.410 e. The number of nitrogens with one attached hydrogen (secondary N) is 1. The van der Waals surface area contributed by atoms with Crippen LogP contribution in [-0.4, -0.2) is 48.4 Å². The number of anilines is 1. The van der Waals surface area contributed by atoms with Crippen LogP contribution in [0.2, 0.25) is 0 Å². The highest BCUT2D eigenvalue weighted by Gasteiger charge is 2.48. The van der Waals surface area contributed by atoms with Crippen molar-refractivity contribution >= 4 is 22.5 Å². The molecule has 3 N–H and O–H groups in total. The van der Waals surface area contributed by atoms with Crippen molar-refractivity contribution in [2.75, 3.05) is 26.0 Å². The summed E-state index contributed by atoms with van der Waals surface area (Å²) in [5.74, 6) is 0. The molecule has 1 aliphatic rings. The van der Waals surface area contributed by atoms with Crippen LogP contribution in [0.4, 0.5) is 23.1 Å². The van der Waals surface area contributed by atoms with Crippen LogP contribution in [0.3, 0.4) is 0 Å². The molecule has 1 fully saturated rings. The summed E-state index contributed by atoms with van der Waals surface area (Å²) in [6.07, 6.45) is -2.62. The average Bonchev–Trinajstić information content (AvgIpc) is 2.97. The van der Waals surface area contributed by atoms with Crippen LogP contribution >= 0.6 is 11.3 Å². The third-order valence-electron chi connectivity index (χ3n) is 3.17. The monoisotopic (exact) mass is 324 g/mol. The molecule has 10 heteroatoms. The number of methoxy groups -OCH3 is 1. The molecule has 1 saturated heterocycles. The molecule has 2 amide bonds. The molecule has 1 aromatic heterocycles. The quantitative estimate of drug-likeness (QED) is 0.865. The van der Waals surface area contributed by atoms with Crippen molar-refractivity contribution < 1.29 is 22.7 Å². The smallest absolute Gasteiger partial charge is 0.385 e. The summed E-state index contributed by atoms with van der Waals surface area (Å²) in [6.45, 7) is -0.128. The van der Waals surface area contributed by atoms with Gasteiger partial charge in [-0.15, -0.1) is 11.3 Å². The van der Waals surface area contributed by atoms with Crippen LogP contribution in [0, 0.1) is 0 Å². The number of hydrogen-bond acceptors (Lipinski definition) is 5. The lowest BCUT2D eigenvalue weighted by Gasteiger charge is -2.25. The van der Waals surface area contributed by atoms with E-state index in [9.17, 15) is 18.0 Å². The Morgan fingerprint density at radius 2 is 2.38 bits per heavy atom. The Morgan fingerprint density at radius 3 is 2.86 bits per heavy atom. The topological polar surface area (TPSA) is 80.5 Å². The number of aromatic nitrogens is 1. The van der Waals surface area contributed by atoms with Gasteiger partial charge in [0.05, 0.1) is 12.6 Å². The normalized spacial score (nSPS) is 20.7. The summed E-state index contributed by atoms with van der Waals surface area (Å²) >= 11 is 1.15. The third-order valence-corrected chi connectivity index (χ3v) is 4.10. The van der Waals surface area contributed by atoms with Gasteiger partial charge >= 0.3 is 12.2 Å². The van der Waals surface area contributed by atoms with Gasteiger partial charge in [-0.25, -0.2) is 9.78 Å². The van der Waals surface area contributed by atoms with Crippen LogP contribution < -0.4 is 11.1 Å². The molecule has 0 aliphatic carbocycles. The number of nitrogen functional groups attached to an aromatic ring is 1. The minimum Gasteiger partial charge on any atom is -0.385 e. The van der Waals surface area contributed by atoms with E-state index in [1.54, 1.807) is 0 Å². The highest BCUT2D eigenvalue weighted by atomic mass is 32.1. The molecular weight excluding hydrogens is 309 g/mol. The van der Waals surface area contributed by atoms with Crippen LogP contribution in [0.5, 0.6) is 0 Å². The van der Waals surface area contributed by atoms with Crippen LogP contribution in [0.1, 0.15) is 17.3 Å². The molecule has 0 saturated carbocycles. The van der Waals surface area contributed by atoms with Crippen molar-refractivity contribution in [1.29, 1.82) is 0 Å². The van der Waals surface area contributed by atoms with Crippen molar-refractivity contribution in [3.8, 4) is 0 Å². The van der Waals surface area contributed by atoms with E-state index in [0.29, 0.717) is 23.0 Å². The molecule has 21 heavy (non-hydrogen) atoms. The SMILES string of the molecule is COCCC(c1cnc(N)s1)N1C[C@@H](C(F)(F)F)NC1=O. The van der Waals surface area contributed by atoms with Gasteiger partial charge in [0.1, 0.15) is 6.04 Å². The summed E-state index contributed by atoms with van der Waals surface area (Å²) < 4.78 is 43.2. The van der Waals surface area contributed by atoms with Crippen LogP contribution in [0.25, 0.3) is 0 Å². The number of rotatable bonds is 5. The highest BCUT2D eigenvalue weighted by Crippen LogP contribution is 2.34. The second-order valence-corrected chi connectivity index (χ2v) is 5.69. The summed E-state index contributed by atoms with van der Waals surface area (Å²) in [5, 5.41) is 2.26. The summed E-state index contributed by atoms with van der Waals surface area (Å²) in [7, 11) is 1.49. The molecular formula is C11H15F3N4O2S. The van der Waals surface area contributed by atoms with E-state index in [1.807, 2.05) is 5.32 Å². The molecule has 2 heterocycles. The van der Waals surface area contributed by atoms with Crippen molar-refractivity contribution in [2.45, 2.75) is 24.7 Å². The summed E-state index contributed by atoms with van der Waals surface area (Å²) in [5.41, 5.74) is 5.55. The van der Waals surface area contributed by atoms with E-state index in [-0.39, 0.29) is 0 Å². The zero-order chi connectivity index (χ0) is 15.6. The second-order valence-electron chi connectivity index (χ2n) is 4.59. The molecule has 1 aliphatic heterocycles. The fraction of sp³-hybridized carbons (Fsp3) is 0.636. The number of nitrogens with zero attached hydrogens (tertiary/aromatic N) is 2. The lowest BCUT2D eigenvalue weighted by atomic mass is 10.1. The van der Waals surface area contributed by atoms with Gasteiger partial charge in [0, 0.05) is 24.8 Å². The highest BCUT2D eigenvalue weighted by molar-refractivity contribution is 7.15. The Labute approximate surface area is 123 Å². The third kappa shape index (κ3) is 3.56. The molecule has 118 valence electrons.